The van der Waals surface area contributed by atoms with Crippen LogP contribution in [-0.2, 0) is 21.7 Å². The molecule has 3 atom stereocenters. The van der Waals surface area contributed by atoms with Crippen LogP contribution in [0.25, 0.3) is 22.8 Å². The maximum absolute atomic E-state index is 13.0. The molecule has 3 heterocycles. The van der Waals surface area contributed by atoms with Crippen LogP contribution in [0.4, 0.5) is 0 Å². The van der Waals surface area contributed by atoms with Crippen LogP contribution in [0.15, 0.2) is 40.9 Å². The monoisotopic (exact) mass is 484 g/mol. The third kappa shape index (κ3) is 3.19. The lowest BCUT2D eigenvalue weighted by Crippen LogP contribution is -2.46. The van der Waals surface area contributed by atoms with Crippen LogP contribution in [0.5, 0.6) is 5.75 Å². The van der Waals surface area contributed by atoms with E-state index in [-0.39, 0.29) is 24.0 Å². The number of nitriles is 1. The first-order valence-electron chi connectivity index (χ1n) is 12.5. The minimum Gasteiger partial charge on any atom is -0.490 e. The molecule has 0 N–H and O–H groups in total. The Morgan fingerprint density at radius 2 is 2.03 bits per heavy atom. The minimum absolute atomic E-state index is 0.0389. The number of hydrogen-bond acceptors (Lipinski definition) is 7. The molecule has 184 valence electrons. The van der Waals surface area contributed by atoms with Gasteiger partial charge in [-0.1, -0.05) is 37.2 Å². The van der Waals surface area contributed by atoms with Crippen molar-refractivity contribution in [3.63, 3.8) is 0 Å². The fourth-order valence-electron chi connectivity index (χ4n) is 6.02. The molecule has 2 aromatic carbocycles. The van der Waals surface area contributed by atoms with E-state index in [9.17, 15) is 10.1 Å². The lowest BCUT2D eigenvalue weighted by molar-refractivity contribution is -0.142. The van der Waals surface area contributed by atoms with Gasteiger partial charge >= 0.3 is 0 Å². The second-order valence-electron chi connectivity index (χ2n) is 10.4. The van der Waals surface area contributed by atoms with E-state index in [1.54, 1.807) is 12.1 Å². The van der Waals surface area contributed by atoms with Crippen molar-refractivity contribution in [1.82, 2.24) is 15.0 Å². The fourth-order valence-corrected chi connectivity index (χ4v) is 6.02. The third-order valence-electron chi connectivity index (χ3n) is 7.57. The van der Waals surface area contributed by atoms with Crippen LogP contribution in [-0.4, -0.2) is 39.7 Å². The van der Waals surface area contributed by atoms with Crippen LogP contribution >= 0.6 is 0 Å². The molecule has 0 bridgehead atoms. The van der Waals surface area contributed by atoms with Crippen LogP contribution in [0, 0.1) is 23.2 Å². The van der Waals surface area contributed by atoms with Crippen LogP contribution in [0.2, 0.25) is 0 Å². The summed E-state index contributed by atoms with van der Waals surface area (Å²) in [5.41, 5.74) is 3.40. The standard InChI is InChI=1S/C28H28N4O4/c1-15(2)23-14-34-28-19(12-25(33)32(23)28)11-21-20(6-5-7-22(21)28)26-30-27(36-31-26)17-8-9-24(35-16(3)4)18(10-17)13-29/h5-10,15-16,19,23H,11-12,14H2,1-4H3/t19-,23+,28-/m1/s1. The zero-order chi connectivity index (χ0) is 25.2. The van der Waals surface area contributed by atoms with Crippen LogP contribution in [0.1, 0.15) is 50.8 Å². The van der Waals surface area contributed by atoms with Gasteiger partial charge in [-0.05, 0) is 49.9 Å². The molecule has 1 spiro atoms. The smallest absolute Gasteiger partial charge is 0.258 e. The van der Waals surface area contributed by atoms with Crippen molar-refractivity contribution in [2.24, 2.45) is 11.8 Å². The maximum Gasteiger partial charge on any atom is 0.258 e. The number of ether oxygens (including phenoxy) is 2. The highest BCUT2D eigenvalue weighted by molar-refractivity contribution is 5.83. The van der Waals surface area contributed by atoms with Gasteiger partial charge in [0.1, 0.15) is 11.8 Å². The molecule has 8 heteroatoms. The van der Waals surface area contributed by atoms with Crippen LogP contribution in [0.3, 0.4) is 0 Å². The molecule has 8 nitrogen and oxygen atoms in total. The molecule has 3 aliphatic rings. The molecule has 36 heavy (non-hydrogen) atoms. The Kier molecular flexibility index (Phi) is 5.16. The van der Waals surface area contributed by atoms with Crippen molar-refractivity contribution in [1.29, 1.82) is 5.26 Å². The number of hydrogen-bond donors (Lipinski definition) is 0. The van der Waals surface area contributed by atoms with E-state index >= 15 is 0 Å². The molecule has 0 unspecified atom stereocenters. The quantitative estimate of drug-likeness (QED) is 0.518. The van der Waals surface area contributed by atoms with Gasteiger partial charge in [0.05, 0.1) is 24.3 Å². The van der Waals surface area contributed by atoms with E-state index < -0.39 is 5.72 Å². The molecular formula is C28H28N4O4. The number of rotatable bonds is 5. The first-order valence-corrected chi connectivity index (χ1v) is 12.5. The summed E-state index contributed by atoms with van der Waals surface area (Å²) < 4.78 is 17.8. The van der Waals surface area contributed by atoms with Crippen molar-refractivity contribution in [2.75, 3.05) is 6.61 Å². The average molecular weight is 485 g/mol. The molecule has 0 saturated carbocycles. The lowest BCUT2D eigenvalue weighted by atomic mass is 9.96. The van der Waals surface area contributed by atoms with Gasteiger partial charge in [0.25, 0.3) is 5.89 Å². The largest absolute Gasteiger partial charge is 0.490 e. The van der Waals surface area contributed by atoms with Crippen molar-refractivity contribution in [3.8, 4) is 34.7 Å². The van der Waals surface area contributed by atoms with Crippen molar-refractivity contribution in [3.05, 3.63) is 53.1 Å². The van der Waals surface area contributed by atoms with Crippen molar-refractivity contribution < 1.29 is 18.8 Å². The highest BCUT2D eigenvalue weighted by Gasteiger charge is 2.65. The molecule has 1 amide bonds. The maximum atomic E-state index is 13.0. The van der Waals surface area contributed by atoms with E-state index in [4.69, 9.17) is 14.0 Å². The van der Waals surface area contributed by atoms with E-state index in [0.717, 1.165) is 23.1 Å². The highest BCUT2D eigenvalue weighted by atomic mass is 16.5. The van der Waals surface area contributed by atoms with Gasteiger partial charge < -0.3 is 18.9 Å². The zero-order valence-corrected chi connectivity index (χ0v) is 20.8. The summed E-state index contributed by atoms with van der Waals surface area (Å²) in [6, 6.07) is 13.6. The van der Waals surface area contributed by atoms with Gasteiger partial charge in [-0.25, -0.2) is 0 Å². The predicted molar refractivity (Wildman–Crippen MR) is 131 cm³/mol. The number of benzene rings is 2. The first kappa shape index (κ1) is 22.7. The number of aromatic nitrogens is 2. The third-order valence-corrected chi connectivity index (χ3v) is 7.57. The van der Waals surface area contributed by atoms with Gasteiger partial charge in [-0.3, -0.25) is 4.79 Å². The van der Waals surface area contributed by atoms with Gasteiger partial charge in [0.2, 0.25) is 11.7 Å². The van der Waals surface area contributed by atoms with Gasteiger partial charge in [0, 0.05) is 29.0 Å². The summed E-state index contributed by atoms with van der Waals surface area (Å²) in [6.07, 6.45) is 1.17. The summed E-state index contributed by atoms with van der Waals surface area (Å²) in [6.45, 7) is 8.66. The Balaban J connectivity index is 1.37. The molecule has 1 aromatic heterocycles. The number of nitrogens with zero attached hydrogens (tertiary/aromatic N) is 4. The van der Waals surface area contributed by atoms with E-state index in [0.29, 0.717) is 47.5 Å². The number of carbonyl (C=O) groups is 1. The lowest BCUT2D eigenvalue weighted by Gasteiger charge is -2.35. The van der Waals surface area contributed by atoms with Gasteiger partial charge in [-0.2, -0.15) is 10.2 Å². The Labute approximate surface area is 209 Å². The van der Waals surface area contributed by atoms with E-state index in [1.165, 1.54) is 0 Å². The van der Waals surface area contributed by atoms with Crippen molar-refractivity contribution in [2.45, 2.75) is 58.4 Å². The SMILES string of the molecule is CC(C)Oc1ccc(-c2nc(-c3cccc4c3C[C@@H]3CC(=O)N5[C@H](C(C)C)CO[C@@]435)no2)cc1C#N. The van der Waals surface area contributed by atoms with Gasteiger partial charge in [0.15, 0.2) is 5.72 Å². The molecule has 2 fully saturated rings. The Morgan fingerprint density at radius 3 is 2.78 bits per heavy atom. The van der Waals surface area contributed by atoms with Crippen LogP contribution < -0.4 is 4.74 Å². The number of carbonyl (C=O) groups excluding carboxylic acids is 1. The summed E-state index contributed by atoms with van der Waals surface area (Å²) in [5.74, 6) is 1.90. The first-order chi connectivity index (χ1) is 17.3. The summed E-state index contributed by atoms with van der Waals surface area (Å²) in [5, 5.41) is 13.9. The van der Waals surface area contributed by atoms with Crippen molar-refractivity contribution >= 4 is 5.91 Å². The predicted octanol–water partition coefficient (Wildman–Crippen LogP) is 4.67. The molecule has 1 aliphatic carbocycles. The summed E-state index contributed by atoms with van der Waals surface area (Å²) in [7, 11) is 0. The van der Waals surface area contributed by atoms with E-state index in [2.05, 4.69) is 36.1 Å². The number of fused-ring (bicyclic) bond motifs is 1. The Hall–Kier alpha value is -3.70. The normalized spacial score (nSPS) is 24.2. The summed E-state index contributed by atoms with van der Waals surface area (Å²) >= 11 is 0. The molecule has 2 saturated heterocycles. The molecule has 6 rings (SSSR count). The van der Waals surface area contributed by atoms with E-state index in [1.807, 2.05) is 36.9 Å². The molecule has 0 radical (unpaired) electrons. The molecular weight excluding hydrogens is 456 g/mol. The van der Waals surface area contributed by atoms with Gasteiger partial charge in [-0.15, -0.1) is 0 Å². The average Bonchev–Trinajstić information content (AvgIpc) is 3.60. The minimum atomic E-state index is -0.697. The fraction of sp³-hybridized carbons (Fsp3) is 0.429. The molecule has 3 aromatic rings. The molecule has 2 aliphatic heterocycles. The number of amides is 1. The second kappa shape index (κ2) is 8.17. The Morgan fingerprint density at radius 1 is 1.19 bits per heavy atom. The topological polar surface area (TPSA) is 101 Å². The summed E-state index contributed by atoms with van der Waals surface area (Å²) in [4.78, 5) is 19.7. The second-order valence-corrected chi connectivity index (χ2v) is 10.4. The highest BCUT2D eigenvalue weighted by Crippen LogP contribution is 2.58. The zero-order valence-electron chi connectivity index (χ0n) is 20.8. The Bertz CT molecular complexity index is 1400.